The summed E-state index contributed by atoms with van der Waals surface area (Å²) in [4.78, 5) is 4.47. The molecule has 4 bridgehead atoms. The van der Waals surface area contributed by atoms with Crippen LogP contribution in [0.4, 0.5) is 0 Å². The minimum Gasteiger partial charge on any atom is -0.384 e. The molecule has 0 amide bonds. The minimum atomic E-state index is -0.653. The summed E-state index contributed by atoms with van der Waals surface area (Å²) in [7, 11) is 0. The van der Waals surface area contributed by atoms with Crippen LogP contribution in [-0.2, 0) is 5.41 Å². The highest BCUT2D eigenvalue weighted by atomic mass is 16.5. The molecule has 1 aromatic heterocycles. The number of hydrogen-bond acceptors (Lipinski definition) is 4. The molecule has 18 heavy (non-hydrogen) atoms. The Balaban J connectivity index is 1.70. The van der Waals surface area contributed by atoms with Crippen molar-refractivity contribution in [2.24, 2.45) is 17.8 Å². The van der Waals surface area contributed by atoms with E-state index < -0.39 is 6.10 Å². The Hall–Kier alpha value is -0.900. The zero-order valence-corrected chi connectivity index (χ0v) is 10.8. The zero-order valence-electron chi connectivity index (χ0n) is 10.8. The molecule has 1 aromatic rings. The first-order valence-corrected chi connectivity index (χ1v) is 7.17. The van der Waals surface area contributed by atoms with Crippen molar-refractivity contribution in [2.45, 2.75) is 57.0 Å². The lowest BCUT2D eigenvalue weighted by atomic mass is 9.49. The van der Waals surface area contributed by atoms with Gasteiger partial charge in [0.15, 0.2) is 5.82 Å². The van der Waals surface area contributed by atoms with Gasteiger partial charge >= 0.3 is 0 Å². The average Bonchev–Trinajstić information content (AvgIpc) is 2.76. The monoisotopic (exact) mass is 248 g/mol. The normalized spacial score (nSPS) is 43.3. The molecular weight excluding hydrogens is 228 g/mol. The lowest BCUT2D eigenvalue weighted by molar-refractivity contribution is -0.0103. The molecule has 0 aromatic carbocycles. The minimum absolute atomic E-state index is 0.172. The summed E-state index contributed by atoms with van der Waals surface area (Å²) in [5, 5.41) is 13.7. The van der Waals surface area contributed by atoms with Gasteiger partial charge in [-0.05, 0) is 63.2 Å². The van der Waals surface area contributed by atoms with E-state index in [1.807, 2.05) is 0 Å². The maximum atomic E-state index is 9.52. The molecule has 1 atom stereocenters. The van der Waals surface area contributed by atoms with Crippen LogP contribution in [-0.4, -0.2) is 15.2 Å². The van der Waals surface area contributed by atoms with Gasteiger partial charge in [-0.3, -0.25) is 0 Å². The van der Waals surface area contributed by atoms with Crippen LogP contribution in [0.3, 0.4) is 0 Å². The predicted molar refractivity (Wildman–Crippen MR) is 64.8 cm³/mol. The SMILES string of the molecule is C[C@@H](O)c1nc(C23CC4CC(CC(C4)C2)C3)no1. The molecule has 0 saturated heterocycles. The molecule has 4 saturated carbocycles. The Kier molecular flexibility index (Phi) is 2.17. The third kappa shape index (κ3) is 1.48. The Morgan fingerprint density at radius 1 is 1.17 bits per heavy atom. The van der Waals surface area contributed by atoms with Gasteiger partial charge in [0.05, 0.1) is 0 Å². The van der Waals surface area contributed by atoms with Crippen LogP contribution in [0.2, 0.25) is 0 Å². The summed E-state index contributed by atoms with van der Waals surface area (Å²) in [5.74, 6) is 3.89. The van der Waals surface area contributed by atoms with Gasteiger partial charge in [-0.1, -0.05) is 5.16 Å². The fourth-order valence-corrected chi connectivity index (χ4v) is 5.00. The number of aromatic nitrogens is 2. The van der Waals surface area contributed by atoms with Gasteiger partial charge in [-0.15, -0.1) is 0 Å². The Labute approximate surface area is 107 Å². The first-order chi connectivity index (χ1) is 8.64. The van der Waals surface area contributed by atoms with E-state index in [1.54, 1.807) is 6.92 Å². The van der Waals surface area contributed by atoms with Crippen molar-refractivity contribution in [3.8, 4) is 0 Å². The Morgan fingerprint density at radius 2 is 1.72 bits per heavy atom. The van der Waals surface area contributed by atoms with Crippen LogP contribution in [0.15, 0.2) is 4.52 Å². The second-order valence-electron chi connectivity index (χ2n) is 6.83. The second-order valence-corrected chi connectivity index (χ2v) is 6.83. The Bertz CT molecular complexity index is 431. The number of aliphatic hydroxyl groups excluding tert-OH is 1. The standard InChI is InChI=1S/C14H20N2O2/c1-8(17)12-15-13(16-18-12)14-5-9-2-10(6-14)4-11(3-9)7-14/h8-11,17H,2-7H2,1H3/t8-,9?,10?,11?,14?/m1/s1. The molecule has 4 heteroatoms. The quantitative estimate of drug-likeness (QED) is 0.874. The van der Waals surface area contributed by atoms with Gasteiger partial charge in [0.1, 0.15) is 6.10 Å². The highest BCUT2D eigenvalue weighted by Crippen LogP contribution is 2.60. The largest absolute Gasteiger partial charge is 0.384 e. The highest BCUT2D eigenvalue weighted by molar-refractivity contribution is 5.16. The van der Waals surface area contributed by atoms with Crippen LogP contribution in [0.1, 0.15) is 63.3 Å². The lowest BCUT2D eigenvalue weighted by Gasteiger charge is -2.55. The molecule has 0 spiro atoms. The van der Waals surface area contributed by atoms with E-state index in [2.05, 4.69) is 10.1 Å². The van der Waals surface area contributed by atoms with Gasteiger partial charge in [0, 0.05) is 5.41 Å². The van der Waals surface area contributed by atoms with Gasteiger partial charge in [-0.25, -0.2) is 0 Å². The molecule has 98 valence electrons. The van der Waals surface area contributed by atoms with E-state index in [0.717, 1.165) is 23.6 Å². The fourth-order valence-electron chi connectivity index (χ4n) is 5.00. The smallest absolute Gasteiger partial charge is 0.255 e. The van der Waals surface area contributed by atoms with E-state index in [-0.39, 0.29) is 5.41 Å². The topological polar surface area (TPSA) is 59.2 Å². The van der Waals surface area contributed by atoms with E-state index in [0.29, 0.717) is 5.89 Å². The molecule has 4 aliphatic rings. The van der Waals surface area contributed by atoms with Crippen LogP contribution in [0, 0.1) is 17.8 Å². The maximum Gasteiger partial charge on any atom is 0.255 e. The molecule has 4 aliphatic carbocycles. The van der Waals surface area contributed by atoms with E-state index in [4.69, 9.17) is 4.52 Å². The average molecular weight is 248 g/mol. The number of nitrogens with zero attached hydrogens (tertiary/aromatic N) is 2. The van der Waals surface area contributed by atoms with Crippen molar-refractivity contribution in [1.82, 2.24) is 10.1 Å². The summed E-state index contributed by atoms with van der Waals surface area (Å²) in [6, 6.07) is 0. The van der Waals surface area contributed by atoms with Crippen molar-refractivity contribution in [3.05, 3.63) is 11.7 Å². The summed E-state index contributed by atoms with van der Waals surface area (Å²) in [6.45, 7) is 1.68. The van der Waals surface area contributed by atoms with Crippen LogP contribution in [0.25, 0.3) is 0 Å². The molecule has 5 rings (SSSR count). The fraction of sp³-hybridized carbons (Fsp3) is 0.857. The predicted octanol–water partition coefficient (Wildman–Crippen LogP) is 2.59. The summed E-state index contributed by atoms with van der Waals surface area (Å²) in [5.41, 5.74) is 0.172. The van der Waals surface area contributed by atoms with Gasteiger partial charge in [0.2, 0.25) is 0 Å². The van der Waals surface area contributed by atoms with Crippen molar-refractivity contribution in [2.75, 3.05) is 0 Å². The lowest BCUT2D eigenvalue weighted by Crippen LogP contribution is -2.49. The van der Waals surface area contributed by atoms with Crippen molar-refractivity contribution < 1.29 is 9.63 Å². The van der Waals surface area contributed by atoms with E-state index >= 15 is 0 Å². The number of aliphatic hydroxyl groups is 1. The van der Waals surface area contributed by atoms with Crippen LogP contribution < -0.4 is 0 Å². The molecule has 0 aliphatic heterocycles. The first-order valence-electron chi connectivity index (χ1n) is 7.17. The Morgan fingerprint density at radius 3 is 2.17 bits per heavy atom. The molecule has 4 fully saturated rings. The first kappa shape index (κ1) is 11.0. The third-order valence-electron chi connectivity index (χ3n) is 5.31. The summed E-state index contributed by atoms with van der Waals surface area (Å²) < 4.78 is 5.20. The van der Waals surface area contributed by atoms with Crippen molar-refractivity contribution in [1.29, 1.82) is 0 Å². The summed E-state index contributed by atoms with van der Waals surface area (Å²) in [6.07, 6.45) is 7.30. The summed E-state index contributed by atoms with van der Waals surface area (Å²) >= 11 is 0. The van der Waals surface area contributed by atoms with E-state index in [9.17, 15) is 5.11 Å². The van der Waals surface area contributed by atoms with Crippen LogP contribution >= 0.6 is 0 Å². The van der Waals surface area contributed by atoms with Gasteiger partial charge in [-0.2, -0.15) is 4.98 Å². The zero-order chi connectivity index (χ0) is 12.3. The molecule has 0 unspecified atom stereocenters. The van der Waals surface area contributed by atoms with E-state index in [1.165, 1.54) is 38.5 Å². The van der Waals surface area contributed by atoms with Crippen LogP contribution in [0.5, 0.6) is 0 Å². The third-order valence-corrected chi connectivity index (χ3v) is 5.31. The molecule has 0 radical (unpaired) electrons. The number of rotatable bonds is 2. The van der Waals surface area contributed by atoms with Crippen molar-refractivity contribution in [3.63, 3.8) is 0 Å². The molecule has 1 heterocycles. The van der Waals surface area contributed by atoms with Gasteiger partial charge < -0.3 is 9.63 Å². The molecule has 1 N–H and O–H groups in total. The van der Waals surface area contributed by atoms with Gasteiger partial charge in [0.25, 0.3) is 5.89 Å². The molecular formula is C14H20N2O2. The second kappa shape index (κ2) is 3.56. The molecule has 4 nitrogen and oxygen atoms in total. The highest BCUT2D eigenvalue weighted by Gasteiger charge is 2.53. The number of hydrogen-bond donors (Lipinski definition) is 1. The van der Waals surface area contributed by atoms with Crippen molar-refractivity contribution >= 4 is 0 Å². The maximum absolute atomic E-state index is 9.52.